The van der Waals surface area contributed by atoms with Crippen molar-refractivity contribution in [2.24, 2.45) is 5.92 Å². The third-order valence-corrected chi connectivity index (χ3v) is 7.72. The molecule has 2 aromatic carbocycles. The van der Waals surface area contributed by atoms with Gasteiger partial charge in [-0.05, 0) is 43.5 Å². The fraction of sp³-hybridized carbons (Fsp3) is 0.429. The molecule has 1 aliphatic carbocycles. The van der Waals surface area contributed by atoms with Crippen LogP contribution < -0.4 is 5.32 Å². The number of hydrogen-bond acceptors (Lipinski definition) is 6. The van der Waals surface area contributed by atoms with Crippen LogP contribution in [0.2, 0.25) is 0 Å². The van der Waals surface area contributed by atoms with Crippen molar-refractivity contribution in [1.29, 1.82) is 0 Å². The van der Waals surface area contributed by atoms with Gasteiger partial charge in [0.2, 0.25) is 10.0 Å². The lowest BCUT2D eigenvalue weighted by molar-refractivity contribution is -0.384. The summed E-state index contributed by atoms with van der Waals surface area (Å²) in [6.45, 7) is 2.04. The molecule has 0 spiro atoms. The molecule has 8 nitrogen and oxygen atoms in total. The van der Waals surface area contributed by atoms with E-state index in [1.807, 2.05) is 37.4 Å². The molecule has 30 heavy (non-hydrogen) atoms. The summed E-state index contributed by atoms with van der Waals surface area (Å²) in [5.74, 6) is 0.417. The summed E-state index contributed by atoms with van der Waals surface area (Å²) in [6, 6.07) is 14.0. The van der Waals surface area contributed by atoms with Crippen LogP contribution >= 0.6 is 0 Å². The smallest absolute Gasteiger partial charge is 0.293 e. The zero-order valence-corrected chi connectivity index (χ0v) is 17.7. The fourth-order valence-corrected chi connectivity index (χ4v) is 5.30. The average molecular weight is 431 g/mol. The summed E-state index contributed by atoms with van der Waals surface area (Å²) in [6.07, 6.45) is 2.13. The van der Waals surface area contributed by atoms with Crippen LogP contribution in [0.4, 0.5) is 11.4 Å². The Kier molecular flexibility index (Phi) is 5.77. The number of nitro groups is 1. The van der Waals surface area contributed by atoms with E-state index in [9.17, 15) is 18.5 Å². The Hall–Kier alpha value is -2.49. The van der Waals surface area contributed by atoms with Gasteiger partial charge in [0.15, 0.2) is 0 Å². The molecular weight excluding hydrogens is 404 g/mol. The van der Waals surface area contributed by atoms with Crippen molar-refractivity contribution in [3.05, 3.63) is 64.2 Å². The Morgan fingerprint density at radius 1 is 1.07 bits per heavy atom. The summed E-state index contributed by atoms with van der Waals surface area (Å²) in [5, 5.41) is 15.1. The zero-order valence-electron chi connectivity index (χ0n) is 16.9. The third kappa shape index (κ3) is 4.33. The fourth-order valence-electron chi connectivity index (χ4n) is 3.85. The molecule has 0 bridgehead atoms. The summed E-state index contributed by atoms with van der Waals surface area (Å²) in [7, 11) is -1.83. The molecular formula is C21H26N4O4S. The van der Waals surface area contributed by atoms with E-state index >= 15 is 0 Å². The second-order valence-electron chi connectivity index (χ2n) is 8.01. The number of benzene rings is 2. The van der Waals surface area contributed by atoms with E-state index in [0.29, 0.717) is 37.8 Å². The minimum atomic E-state index is -3.77. The van der Waals surface area contributed by atoms with Gasteiger partial charge in [0.25, 0.3) is 5.69 Å². The third-order valence-electron chi connectivity index (χ3n) is 5.83. The molecule has 0 radical (unpaired) electrons. The Labute approximate surface area is 176 Å². The van der Waals surface area contributed by atoms with Crippen molar-refractivity contribution in [2.45, 2.75) is 23.8 Å². The second-order valence-corrected chi connectivity index (χ2v) is 9.95. The number of piperazine rings is 1. The minimum absolute atomic E-state index is 0.0352. The molecule has 1 unspecified atom stereocenters. The normalized spacial score (nSPS) is 19.4. The standard InChI is InChI=1S/C21H26N4O4S/c1-23-11-13-24(14-12-23)30(28,29)18-9-10-19(20(15-18)25(26)27)22-21(17-7-8-17)16-5-3-2-4-6-16/h2-6,9-10,15,17,21-22H,7-8,11-14H2,1H3. The van der Waals surface area contributed by atoms with Gasteiger partial charge in [0, 0.05) is 32.2 Å². The van der Waals surface area contributed by atoms with Crippen molar-refractivity contribution < 1.29 is 13.3 Å². The predicted molar refractivity (Wildman–Crippen MR) is 115 cm³/mol. The van der Waals surface area contributed by atoms with Crippen molar-refractivity contribution in [1.82, 2.24) is 9.21 Å². The molecule has 160 valence electrons. The van der Waals surface area contributed by atoms with Crippen molar-refractivity contribution in [3.63, 3.8) is 0 Å². The molecule has 2 aliphatic rings. The molecule has 1 saturated heterocycles. The predicted octanol–water partition coefficient (Wildman–Crippen LogP) is 3.09. The number of sulfonamides is 1. The number of nitro benzene ring substituents is 1. The number of hydrogen-bond donors (Lipinski definition) is 1. The van der Waals surface area contributed by atoms with Crippen molar-refractivity contribution >= 4 is 21.4 Å². The maximum Gasteiger partial charge on any atom is 0.293 e. The summed E-state index contributed by atoms with van der Waals surface area (Å²) < 4.78 is 27.4. The van der Waals surface area contributed by atoms with Crippen LogP contribution in [0.5, 0.6) is 0 Å². The van der Waals surface area contributed by atoms with Gasteiger partial charge in [-0.25, -0.2) is 8.42 Å². The van der Waals surface area contributed by atoms with E-state index in [-0.39, 0.29) is 16.6 Å². The SMILES string of the molecule is CN1CCN(S(=O)(=O)c2ccc(NC(c3ccccc3)C3CC3)c([N+](=O)[O-])c2)CC1. The van der Waals surface area contributed by atoms with Gasteiger partial charge in [-0.3, -0.25) is 10.1 Å². The summed E-state index contributed by atoms with van der Waals surface area (Å²) >= 11 is 0. The van der Waals surface area contributed by atoms with Crippen LogP contribution in [-0.4, -0.2) is 55.8 Å². The number of likely N-dealkylation sites (N-methyl/N-ethyl adjacent to an activating group) is 1. The molecule has 1 N–H and O–H groups in total. The quantitative estimate of drug-likeness (QED) is 0.536. The van der Waals surface area contributed by atoms with Gasteiger partial charge in [0.1, 0.15) is 5.69 Å². The lowest BCUT2D eigenvalue weighted by Crippen LogP contribution is -2.47. The molecule has 1 aliphatic heterocycles. The van der Waals surface area contributed by atoms with Gasteiger partial charge >= 0.3 is 0 Å². The molecule has 2 aromatic rings. The highest BCUT2D eigenvalue weighted by Crippen LogP contribution is 2.44. The van der Waals surface area contributed by atoms with Crippen LogP contribution in [0.3, 0.4) is 0 Å². The van der Waals surface area contributed by atoms with E-state index in [4.69, 9.17) is 0 Å². The number of anilines is 1. The summed E-state index contributed by atoms with van der Waals surface area (Å²) in [4.78, 5) is 13.3. The van der Waals surface area contributed by atoms with Gasteiger partial charge in [0.05, 0.1) is 15.9 Å². The lowest BCUT2D eigenvalue weighted by Gasteiger charge is -2.31. The Morgan fingerprint density at radius 3 is 2.33 bits per heavy atom. The Balaban J connectivity index is 1.63. The molecule has 0 amide bonds. The Bertz CT molecular complexity index is 1020. The van der Waals surface area contributed by atoms with Crippen LogP contribution in [0.25, 0.3) is 0 Å². The Morgan fingerprint density at radius 2 is 1.73 bits per heavy atom. The molecule has 9 heteroatoms. The minimum Gasteiger partial charge on any atom is -0.372 e. The monoisotopic (exact) mass is 430 g/mol. The second kappa shape index (κ2) is 8.33. The van der Waals surface area contributed by atoms with Crippen molar-refractivity contribution in [3.8, 4) is 0 Å². The highest BCUT2D eigenvalue weighted by atomic mass is 32.2. The molecule has 4 rings (SSSR count). The van der Waals surface area contributed by atoms with E-state index in [2.05, 4.69) is 10.2 Å². The van der Waals surface area contributed by atoms with E-state index in [0.717, 1.165) is 18.4 Å². The molecule has 1 atom stereocenters. The maximum absolute atomic E-state index is 13.0. The maximum atomic E-state index is 13.0. The van der Waals surface area contributed by atoms with E-state index in [1.165, 1.54) is 22.5 Å². The van der Waals surface area contributed by atoms with Crippen LogP contribution in [-0.2, 0) is 10.0 Å². The van der Waals surface area contributed by atoms with E-state index < -0.39 is 14.9 Å². The summed E-state index contributed by atoms with van der Waals surface area (Å²) in [5.41, 5.74) is 1.20. The first-order valence-corrected chi connectivity index (χ1v) is 11.6. The van der Waals surface area contributed by atoms with E-state index in [1.54, 1.807) is 0 Å². The average Bonchev–Trinajstić information content (AvgIpc) is 3.58. The van der Waals surface area contributed by atoms with Crippen LogP contribution in [0.1, 0.15) is 24.4 Å². The topological polar surface area (TPSA) is 95.8 Å². The highest BCUT2D eigenvalue weighted by Gasteiger charge is 2.34. The largest absolute Gasteiger partial charge is 0.372 e. The molecule has 1 heterocycles. The number of nitrogens with one attached hydrogen (secondary N) is 1. The highest BCUT2D eigenvalue weighted by molar-refractivity contribution is 7.89. The number of nitrogens with zero attached hydrogens (tertiary/aromatic N) is 3. The van der Waals surface area contributed by atoms with Gasteiger partial charge in [-0.2, -0.15) is 4.31 Å². The molecule has 0 aromatic heterocycles. The van der Waals surface area contributed by atoms with Crippen LogP contribution in [0.15, 0.2) is 53.4 Å². The van der Waals surface area contributed by atoms with Crippen LogP contribution in [0, 0.1) is 16.0 Å². The zero-order chi connectivity index (χ0) is 21.3. The van der Waals surface area contributed by atoms with Gasteiger partial charge in [-0.15, -0.1) is 0 Å². The van der Waals surface area contributed by atoms with Gasteiger partial charge in [-0.1, -0.05) is 30.3 Å². The molecule has 1 saturated carbocycles. The number of rotatable bonds is 7. The first kappa shape index (κ1) is 20.8. The lowest BCUT2D eigenvalue weighted by atomic mass is 10.0. The van der Waals surface area contributed by atoms with Gasteiger partial charge < -0.3 is 10.2 Å². The first-order valence-electron chi connectivity index (χ1n) is 10.1. The van der Waals surface area contributed by atoms with Crippen molar-refractivity contribution in [2.75, 3.05) is 38.5 Å². The first-order chi connectivity index (χ1) is 14.4. The molecule has 2 fully saturated rings.